The van der Waals surface area contributed by atoms with Gasteiger partial charge in [-0.2, -0.15) is 0 Å². The summed E-state index contributed by atoms with van der Waals surface area (Å²) in [6.07, 6.45) is 11.7. The molecule has 0 amide bonds. The molecule has 0 saturated carbocycles. The van der Waals surface area contributed by atoms with Gasteiger partial charge in [0.1, 0.15) is 11.5 Å². The second-order valence-corrected chi connectivity index (χ2v) is 2.98. The van der Waals surface area contributed by atoms with Crippen LogP contribution in [0.1, 0.15) is 12.8 Å². The summed E-state index contributed by atoms with van der Waals surface area (Å²) in [5.41, 5.74) is 0. The molecule has 0 aromatic rings. The van der Waals surface area contributed by atoms with Crippen LogP contribution < -0.4 is 0 Å². The Morgan fingerprint density at radius 1 is 1.00 bits per heavy atom. The first-order chi connectivity index (χ1) is 6.84. The molecule has 0 aliphatic heterocycles. The predicted molar refractivity (Wildman–Crippen MR) is 51.2 cm³/mol. The summed E-state index contributed by atoms with van der Waals surface area (Å²) in [7, 11) is 0. The van der Waals surface area contributed by atoms with Gasteiger partial charge in [-0.1, -0.05) is 24.3 Å². The highest BCUT2D eigenvalue weighted by molar-refractivity contribution is 5.63. The van der Waals surface area contributed by atoms with Gasteiger partial charge in [-0.15, -0.1) is 0 Å². The molecule has 0 unspecified atom stereocenters. The van der Waals surface area contributed by atoms with E-state index in [1.54, 1.807) is 12.2 Å². The fourth-order valence-electron chi connectivity index (χ4n) is 1.24. The van der Waals surface area contributed by atoms with Gasteiger partial charge in [-0.3, -0.25) is 0 Å². The largest absolute Gasteiger partial charge is 0.518 e. The topological polar surface area (TPSA) is 35.5 Å². The van der Waals surface area contributed by atoms with E-state index in [0.29, 0.717) is 24.4 Å². The molecular weight excluding hydrogens is 180 g/mol. The number of carbonyl (C=O) groups is 1. The van der Waals surface area contributed by atoms with Crippen LogP contribution in [0.2, 0.25) is 0 Å². The van der Waals surface area contributed by atoms with Gasteiger partial charge < -0.3 is 9.47 Å². The van der Waals surface area contributed by atoms with Crippen molar-refractivity contribution >= 4 is 6.16 Å². The van der Waals surface area contributed by atoms with Crippen molar-refractivity contribution in [3.63, 3.8) is 0 Å². The number of ether oxygens (including phenoxy) is 2. The van der Waals surface area contributed by atoms with Crippen LogP contribution in [0.15, 0.2) is 48.0 Å². The van der Waals surface area contributed by atoms with E-state index in [2.05, 4.69) is 0 Å². The van der Waals surface area contributed by atoms with E-state index >= 15 is 0 Å². The van der Waals surface area contributed by atoms with Crippen molar-refractivity contribution in [2.75, 3.05) is 0 Å². The number of hydrogen-bond acceptors (Lipinski definition) is 3. The normalized spacial score (nSPS) is 18.0. The van der Waals surface area contributed by atoms with E-state index in [1.165, 1.54) is 0 Å². The van der Waals surface area contributed by atoms with Crippen molar-refractivity contribution in [2.24, 2.45) is 0 Å². The Morgan fingerprint density at radius 2 is 1.50 bits per heavy atom. The highest BCUT2D eigenvalue weighted by Gasteiger charge is 2.12. The van der Waals surface area contributed by atoms with E-state index in [4.69, 9.17) is 9.47 Å². The van der Waals surface area contributed by atoms with Crippen LogP contribution in [0.5, 0.6) is 0 Å². The summed E-state index contributed by atoms with van der Waals surface area (Å²) in [6, 6.07) is 0. The van der Waals surface area contributed by atoms with Crippen molar-refractivity contribution in [1.82, 2.24) is 0 Å². The minimum Gasteiger partial charge on any atom is -0.399 e. The maximum absolute atomic E-state index is 11.2. The Hall–Kier alpha value is -1.77. The zero-order valence-electron chi connectivity index (χ0n) is 7.60. The zero-order chi connectivity index (χ0) is 9.80. The van der Waals surface area contributed by atoms with E-state index in [1.807, 2.05) is 24.3 Å². The molecule has 2 aliphatic rings. The SMILES string of the molecule is O=C(OC1=CC=CC1)OC1=CC=CC1. The van der Waals surface area contributed by atoms with Gasteiger partial charge in [0.2, 0.25) is 0 Å². The van der Waals surface area contributed by atoms with Crippen LogP contribution in [0.25, 0.3) is 0 Å². The van der Waals surface area contributed by atoms with Crippen LogP contribution >= 0.6 is 0 Å². The van der Waals surface area contributed by atoms with Crippen molar-refractivity contribution in [1.29, 1.82) is 0 Å². The summed E-state index contributed by atoms with van der Waals surface area (Å²) >= 11 is 0. The first kappa shape index (κ1) is 8.81. The Labute approximate surface area is 82.0 Å². The van der Waals surface area contributed by atoms with Crippen molar-refractivity contribution in [2.45, 2.75) is 12.8 Å². The molecule has 0 aromatic carbocycles. The van der Waals surface area contributed by atoms with E-state index in [-0.39, 0.29) is 0 Å². The number of carbonyl (C=O) groups excluding carboxylic acids is 1. The average molecular weight is 190 g/mol. The quantitative estimate of drug-likeness (QED) is 0.628. The van der Waals surface area contributed by atoms with Gasteiger partial charge in [-0.25, -0.2) is 4.79 Å². The van der Waals surface area contributed by atoms with Gasteiger partial charge in [0.05, 0.1) is 0 Å². The Balaban J connectivity index is 1.79. The van der Waals surface area contributed by atoms with Crippen molar-refractivity contribution < 1.29 is 14.3 Å². The lowest BCUT2D eigenvalue weighted by Crippen LogP contribution is -2.05. The summed E-state index contributed by atoms with van der Waals surface area (Å²) in [4.78, 5) is 11.2. The Morgan fingerprint density at radius 3 is 1.86 bits per heavy atom. The summed E-state index contributed by atoms with van der Waals surface area (Å²) in [5.74, 6) is 1.25. The maximum Gasteiger partial charge on any atom is 0.518 e. The molecule has 0 saturated heterocycles. The molecule has 3 heteroatoms. The lowest BCUT2D eigenvalue weighted by molar-refractivity contribution is 0.100. The number of rotatable bonds is 2. The molecule has 0 heterocycles. The Bertz CT molecular complexity index is 325. The molecule has 72 valence electrons. The van der Waals surface area contributed by atoms with Crippen LogP contribution in [-0.4, -0.2) is 6.16 Å². The smallest absolute Gasteiger partial charge is 0.399 e. The van der Waals surface area contributed by atoms with E-state index in [0.717, 1.165) is 0 Å². The van der Waals surface area contributed by atoms with Crippen LogP contribution in [0, 0.1) is 0 Å². The average Bonchev–Trinajstić information content (AvgIpc) is 2.76. The highest BCUT2D eigenvalue weighted by Crippen LogP contribution is 2.16. The van der Waals surface area contributed by atoms with Crippen LogP contribution in [0.4, 0.5) is 4.79 Å². The van der Waals surface area contributed by atoms with Gasteiger partial charge in [0, 0.05) is 12.8 Å². The lowest BCUT2D eigenvalue weighted by atomic mass is 10.4. The second-order valence-electron chi connectivity index (χ2n) is 2.98. The van der Waals surface area contributed by atoms with Crippen molar-refractivity contribution in [3.05, 3.63) is 48.0 Å². The molecule has 0 fully saturated rings. The molecule has 0 spiro atoms. The number of hydrogen-bond donors (Lipinski definition) is 0. The molecule has 3 nitrogen and oxygen atoms in total. The third-order valence-electron chi connectivity index (χ3n) is 1.90. The van der Waals surface area contributed by atoms with Crippen molar-refractivity contribution in [3.8, 4) is 0 Å². The predicted octanol–water partition coefficient (Wildman–Crippen LogP) is 2.83. The van der Waals surface area contributed by atoms with Gasteiger partial charge in [0.15, 0.2) is 0 Å². The highest BCUT2D eigenvalue weighted by atomic mass is 16.7. The van der Waals surface area contributed by atoms with Crippen LogP contribution in [-0.2, 0) is 9.47 Å². The lowest BCUT2D eigenvalue weighted by Gasteiger charge is -2.05. The standard InChI is InChI=1S/C11H10O3/c12-11(13-9-5-1-2-6-9)14-10-7-3-4-8-10/h1-5,7H,6,8H2. The van der Waals surface area contributed by atoms with E-state index in [9.17, 15) is 4.79 Å². The molecular formula is C11H10O3. The molecule has 0 aromatic heterocycles. The first-order valence-corrected chi connectivity index (χ1v) is 4.45. The fourth-order valence-corrected chi connectivity index (χ4v) is 1.24. The molecule has 0 N–H and O–H groups in total. The van der Waals surface area contributed by atoms with Gasteiger partial charge in [-0.05, 0) is 12.2 Å². The molecule has 2 aliphatic carbocycles. The number of allylic oxidation sites excluding steroid dienone is 6. The van der Waals surface area contributed by atoms with Gasteiger partial charge in [0.25, 0.3) is 0 Å². The summed E-state index contributed by atoms with van der Waals surface area (Å²) in [6.45, 7) is 0. The van der Waals surface area contributed by atoms with E-state index < -0.39 is 6.16 Å². The molecule has 0 atom stereocenters. The summed E-state index contributed by atoms with van der Waals surface area (Å²) in [5, 5.41) is 0. The molecule has 14 heavy (non-hydrogen) atoms. The third-order valence-corrected chi connectivity index (χ3v) is 1.90. The molecule has 0 radical (unpaired) electrons. The Kier molecular flexibility index (Phi) is 2.49. The van der Waals surface area contributed by atoms with Crippen LogP contribution in [0.3, 0.4) is 0 Å². The minimum absolute atomic E-state index is 0.626. The summed E-state index contributed by atoms with van der Waals surface area (Å²) < 4.78 is 9.88. The molecule has 0 bridgehead atoms. The molecule has 2 rings (SSSR count). The monoisotopic (exact) mass is 190 g/mol. The third kappa shape index (κ3) is 2.13. The zero-order valence-corrected chi connectivity index (χ0v) is 7.60. The minimum atomic E-state index is -0.658. The first-order valence-electron chi connectivity index (χ1n) is 4.45. The fraction of sp³-hybridized carbons (Fsp3) is 0.182. The second kappa shape index (κ2) is 3.96. The maximum atomic E-state index is 11.2. The van der Waals surface area contributed by atoms with Gasteiger partial charge >= 0.3 is 6.16 Å².